The molecule has 0 unspecified atom stereocenters. The van der Waals surface area contributed by atoms with Crippen LogP contribution in [0.25, 0.3) is 0 Å². The Bertz CT molecular complexity index is 175. The number of nitrogens with one attached hydrogen (secondary N) is 2. The van der Waals surface area contributed by atoms with Gasteiger partial charge < -0.3 is 10.4 Å². The molecule has 1 saturated heterocycles. The number of carbonyl (C=O) groups is 1. The maximum absolute atomic E-state index is 10.7. The van der Waals surface area contributed by atoms with Crippen molar-refractivity contribution < 1.29 is 9.90 Å². The monoisotopic (exact) mass is 156 g/mol. The molecule has 0 saturated carbocycles. The summed E-state index contributed by atoms with van der Waals surface area (Å²) in [6.07, 6.45) is 1.66. The van der Waals surface area contributed by atoms with Gasteiger partial charge in [-0.15, -0.1) is 6.58 Å². The quantitative estimate of drug-likeness (QED) is 0.466. The van der Waals surface area contributed by atoms with Gasteiger partial charge in [-0.25, -0.2) is 0 Å². The molecular weight excluding hydrogens is 144 g/mol. The molecule has 0 spiro atoms. The zero-order valence-corrected chi connectivity index (χ0v) is 6.26. The summed E-state index contributed by atoms with van der Waals surface area (Å²) in [5.41, 5.74) is -0.742. The number of hydrogen-bond donors (Lipinski definition) is 3. The van der Waals surface area contributed by atoms with E-state index >= 15 is 0 Å². The van der Waals surface area contributed by atoms with Gasteiger partial charge in [0.25, 0.3) is 0 Å². The highest BCUT2D eigenvalue weighted by molar-refractivity contribution is 5.81. The van der Waals surface area contributed by atoms with Crippen molar-refractivity contribution in [3.63, 3.8) is 0 Å². The topological polar surface area (TPSA) is 61.4 Å². The van der Waals surface area contributed by atoms with Crippen molar-refractivity contribution in [1.29, 1.82) is 0 Å². The van der Waals surface area contributed by atoms with Crippen molar-refractivity contribution in [3.8, 4) is 0 Å². The third kappa shape index (κ3) is 1.41. The Morgan fingerprint density at radius 1 is 1.82 bits per heavy atom. The number of hydrogen-bond acceptors (Lipinski definition) is 3. The van der Waals surface area contributed by atoms with Gasteiger partial charge in [-0.05, 0) is 0 Å². The first-order valence-corrected chi connectivity index (χ1v) is 3.51. The molecule has 4 nitrogen and oxygen atoms in total. The summed E-state index contributed by atoms with van der Waals surface area (Å²) >= 11 is 0. The van der Waals surface area contributed by atoms with Crippen molar-refractivity contribution >= 4 is 5.97 Å². The molecule has 0 aromatic heterocycles. The highest BCUT2D eigenvalue weighted by Gasteiger charge is 2.43. The van der Waals surface area contributed by atoms with Gasteiger partial charge in [0.05, 0.1) is 0 Å². The van der Waals surface area contributed by atoms with Crippen LogP contribution in [0.4, 0.5) is 0 Å². The Morgan fingerprint density at radius 2 is 2.45 bits per heavy atom. The largest absolute Gasteiger partial charge is 0.480 e. The number of carboxylic acid groups (broad SMARTS) is 1. The van der Waals surface area contributed by atoms with Crippen molar-refractivity contribution in [1.82, 2.24) is 10.6 Å². The predicted octanol–water partition coefficient (Wildman–Crippen LogP) is -0.811. The summed E-state index contributed by atoms with van der Waals surface area (Å²) < 4.78 is 0. The molecule has 0 atom stereocenters. The van der Waals surface area contributed by atoms with Crippen LogP contribution in [-0.2, 0) is 4.79 Å². The zero-order valence-electron chi connectivity index (χ0n) is 6.26. The van der Waals surface area contributed by atoms with Gasteiger partial charge in [-0.1, -0.05) is 6.08 Å². The van der Waals surface area contributed by atoms with Crippen LogP contribution in [0.15, 0.2) is 12.7 Å². The van der Waals surface area contributed by atoms with Gasteiger partial charge in [-0.3, -0.25) is 10.1 Å². The van der Waals surface area contributed by atoms with E-state index in [1.807, 2.05) is 0 Å². The van der Waals surface area contributed by atoms with E-state index in [-0.39, 0.29) is 0 Å². The van der Waals surface area contributed by atoms with Crippen LogP contribution in [0.5, 0.6) is 0 Å². The molecule has 0 radical (unpaired) electrons. The summed E-state index contributed by atoms with van der Waals surface area (Å²) in [7, 11) is 0. The molecule has 1 aliphatic heterocycles. The minimum absolute atomic E-state index is 0.496. The van der Waals surface area contributed by atoms with Crippen LogP contribution < -0.4 is 10.6 Å². The highest BCUT2D eigenvalue weighted by Crippen LogP contribution is 2.10. The number of rotatable bonds is 4. The van der Waals surface area contributed by atoms with E-state index in [0.29, 0.717) is 19.6 Å². The Hall–Kier alpha value is -0.870. The van der Waals surface area contributed by atoms with E-state index in [2.05, 4.69) is 17.2 Å². The average Bonchev–Trinajstić information content (AvgIpc) is 1.85. The van der Waals surface area contributed by atoms with Crippen LogP contribution in [-0.4, -0.2) is 36.2 Å². The molecule has 11 heavy (non-hydrogen) atoms. The maximum Gasteiger partial charge on any atom is 0.326 e. The van der Waals surface area contributed by atoms with E-state index in [1.165, 1.54) is 0 Å². The fourth-order valence-electron chi connectivity index (χ4n) is 0.994. The molecular formula is C7H12N2O2. The summed E-state index contributed by atoms with van der Waals surface area (Å²) in [6, 6.07) is 0. The minimum Gasteiger partial charge on any atom is -0.480 e. The van der Waals surface area contributed by atoms with Crippen LogP contribution in [0.3, 0.4) is 0 Å². The lowest BCUT2D eigenvalue weighted by Gasteiger charge is -2.39. The second-order valence-corrected chi connectivity index (χ2v) is 2.66. The summed E-state index contributed by atoms with van der Waals surface area (Å²) in [6.45, 7) is 5.03. The van der Waals surface area contributed by atoms with E-state index < -0.39 is 11.5 Å². The fraction of sp³-hybridized carbons (Fsp3) is 0.571. The van der Waals surface area contributed by atoms with E-state index in [0.717, 1.165) is 0 Å². The molecule has 4 heteroatoms. The third-order valence-electron chi connectivity index (χ3n) is 1.85. The first kappa shape index (κ1) is 8.23. The number of aliphatic carboxylic acids is 1. The highest BCUT2D eigenvalue weighted by atomic mass is 16.4. The fourth-order valence-corrected chi connectivity index (χ4v) is 0.994. The first-order chi connectivity index (χ1) is 5.21. The van der Waals surface area contributed by atoms with Crippen LogP contribution in [0.1, 0.15) is 0 Å². The first-order valence-electron chi connectivity index (χ1n) is 3.51. The Kier molecular flexibility index (Phi) is 2.26. The van der Waals surface area contributed by atoms with Gasteiger partial charge in [0.1, 0.15) is 5.54 Å². The molecule has 62 valence electrons. The number of carboxylic acids is 1. The lowest BCUT2D eigenvalue weighted by atomic mass is 9.93. The minimum atomic E-state index is -0.793. The standard InChI is InChI=1S/C7H12N2O2/c1-2-3-9-7(6(10)11)4-8-5-7/h2,8-9H,1,3-5H2,(H,10,11). The molecule has 0 amide bonds. The lowest BCUT2D eigenvalue weighted by molar-refractivity contribution is -0.147. The van der Waals surface area contributed by atoms with Gasteiger partial charge >= 0.3 is 5.97 Å². The van der Waals surface area contributed by atoms with Gasteiger partial charge in [0.15, 0.2) is 0 Å². The Morgan fingerprint density at radius 3 is 2.73 bits per heavy atom. The van der Waals surface area contributed by atoms with E-state index in [1.54, 1.807) is 6.08 Å². The second kappa shape index (κ2) is 3.02. The molecule has 0 aliphatic carbocycles. The summed E-state index contributed by atoms with van der Waals surface area (Å²) in [4.78, 5) is 10.7. The second-order valence-electron chi connectivity index (χ2n) is 2.66. The average molecular weight is 156 g/mol. The molecule has 0 aromatic carbocycles. The molecule has 1 rings (SSSR count). The Balaban J connectivity index is 2.46. The van der Waals surface area contributed by atoms with Crippen LogP contribution >= 0.6 is 0 Å². The van der Waals surface area contributed by atoms with Crippen LogP contribution in [0, 0.1) is 0 Å². The maximum atomic E-state index is 10.7. The third-order valence-corrected chi connectivity index (χ3v) is 1.85. The SMILES string of the molecule is C=CCNC1(C(=O)O)CNC1. The molecule has 1 fully saturated rings. The van der Waals surface area contributed by atoms with Crippen molar-refractivity contribution in [2.45, 2.75) is 5.54 Å². The molecule has 0 bridgehead atoms. The van der Waals surface area contributed by atoms with Crippen molar-refractivity contribution in [2.24, 2.45) is 0 Å². The molecule has 1 heterocycles. The zero-order chi connectivity index (χ0) is 8.32. The van der Waals surface area contributed by atoms with Gasteiger partial charge in [0, 0.05) is 19.6 Å². The molecule has 1 aliphatic rings. The normalized spacial score (nSPS) is 20.4. The van der Waals surface area contributed by atoms with Crippen molar-refractivity contribution in [3.05, 3.63) is 12.7 Å². The Labute approximate surface area is 65.3 Å². The van der Waals surface area contributed by atoms with E-state index in [9.17, 15) is 4.79 Å². The van der Waals surface area contributed by atoms with Crippen molar-refractivity contribution in [2.75, 3.05) is 19.6 Å². The van der Waals surface area contributed by atoms with E-state index in [4.69, 9.17) is 5.11 Å². The van der Waals surface area contributed by atoms with Crippen LogP contribution in [0.2, 0.25) is 0 Å². The predicted molar refractivity (Wildman–Crippen MR) is 41.4 cm³/mol. The lowest BCUT2D eigenvalue weighted by Crippen LogP contribution is -2.72. The molecule has 3 N–H and O–H groups in total. The summed E-state index contributed by atoms with van der Waals surface area (Å²) in [5, 5.41) is 14.6. The summed E-state index contributed by atoms with van der Waals surface area (Å²) in [5.74, 6) is -0.793. The van der Waals surface area contributed by atoms with Gasteiger partial charge in [0.2, 0.25) is 0 Å². The smallest absolute Gasteiger partial charge is 0.326 e. The molecule has 0 aromatic rings. The van der Waals surface area contributed by atoms with Gasteiger partial charge in [-0.2, -0.15) is 0 Å².